The molecule has 2 aliphatic heterocycles. The molecule has 0 spiro atoms. The first-order valence-electron chi connectivity index (χ1n) is 12.9. The van der Waals surface area contributed by atoms with E-state index in [4.69, 9.17) is 9.47 Å². The van der Waals surface area contributed by atoms with Gasteiger partial charge in [0.2, 0.25) is 15.9 Å². The van der Waals surface area contributed by atoms with E-state index in [1.165, 1.54) is 25.9 Å². The molecule has 198 valence electrons. The Balaban J connectivity index is 1.42. The maximum Gasteiger partial charge on any atom is 0.248 e. The van der Waals surface area contributed by atoms with Crippen LogP contribution in [0, 0.1) is 25.7 Å². The molecule has 0 aromatic heterocycles. The van der Waals surface area contributed by atoms with Gasteiger partial charge in [-0.15, -0.1) is 0 Å². The number of benzene rings is 1. The van der Waals surface area contributed by atoms with E-state index in [1.807, 2.05) is 18.7 Å². The molecule has 2 fully saturated rings. The van der Waals surface area contributed by atoms with Crippen molar-refractivity contribution >= 4 is 15.9 Å². The van der Waals surface area contributed by atoms with Crippen molar-refractivity contribution in [2.45, 2.75) is 57.8 Å². The quantitative estimate of drug-likeness (QED) is 0.488. The molecule has 9 heteroatoms. The second kappa shape index (κ2) is 12.5. The number of amides is 1. The van der Waals surface area contributed by atoms with Crippen molar-refractivity contribution in [2.75, 3.05) is 60.1 Å². The number of nitrogens with one attached hydrogen (secondary N) is 1. The second-order valence-corrected chi connectivity index (χ2v) is 11.7. The summed E-state index contributed by atoms with van der Waals surface area (Å²) in [7, 11) is 0.0751. The fraction of sp³-hybridized carbons (Fsp3) is 0.731. The Morgan fingerprint density at radius 2 is 1.69 bits per heavy atom. The van der Waals surface area contributed by atoms with Crippen LogP contribution in [0.15, 0.2) is 11.0 Å². The van der Waals surface area contributed by atoms with E-state index in [-0.39, 0.29) is 25.7 Å². The van der Waals surface area contributed by atoms with Crippen LogP contribution in [-0.2, 0) is 26.0 Å². The van der Waals surface area contributed by atoms with E-state index in [2.05, 4.69) is 16.7 Å². The average Bonchev–Trinajstić information content (AvgIpc) is 2.83. The monoisotopic (exact) mass is 509 g/mol. The van der Waals surface area contributed by atoms with Gasteiger partial charge in [-0.05, 0) is 101 Å². The maximum atomic E-state index is 13.0. The van der Waals surface area contributed by atoms with Crippen LogP contribution in [0.4, 0.5) is 0 Å². The number of likely N-dealkylation sites (tertiary alicyclic amines) is 2. The molecule has 0 aliphatic carbocycles. The highest BCUT2D eigenvalue weighted by atomic mass is 32.2. The van der Waals surface area contributed by atoms with Crippen molar-refractivity contribution in [1.82, 2.24) is 14.5 Å². The van der Waals surface area contributed by atoms with Gasteiger partial charge in [-0.1, -0.05) is 6.92 Å². The van der Waals surface area contributed by atoms with E-state index in [9.17, 15) is 13.2 Å². The predicted octanol–water partition coefficient (Wildman–Crippen LogP) is 2.75. The van der Waals surface area contributed by atoms with Gasteiger partial charge in [-0.2, -0.15) is 0 Å². The number of hydrogen-bond acceptors (Lipinski definition) is 6. The van der Waals surface area contributed by atoms with Crippen molar-refractivity contribution in [3.8, 4) is 5.75 Å². The largest absolute Gasteiger partial charge is 0.496 e. The lowest BCUT2D eigenvalue weighted by Gasteiger charge is -2.39. The lowest BCUT2D eigenvalue weighted by atomic mass is 9.79. The topological polar surface area (TPSA) is 88.2 Å². The number of carbonyl (C=O) groups is 1. The second-order valence-electron chi connectivity index (χ2n) is 9.99. The number of sulfonamides is 1. The molecule has 1 amide bonds. The first-order chi connectivity index (χ1) is 16.7. The van der Waals surface area contributed by atoms with E-state index in [0.29, 0.717) is 28.2 Å². The van der Waals surface area contributed by atoms with Crippen molar-refractivity contribution in [3.63, 3.8) is 0 Å². The number of rotatable bonds is 10. The van der Waals surface area contributed by atoms with E-state index in [0.717, 1.165) is 43.3 Å². The van der Waals surface area contributed by atoms with E-state index < -0.39 is 10.0 Å². The zero-order valence-electron chi connectivity index (χ0n) is 22.1. The number of hydrogen-bond donors (Lipinski definition) is 1. The minimum absolute atomic E-state index is 0.0101. The van der Waals surface area contributed by atoms with Crippen molar-refractivity contribution in [3.05, 3.63) is 22.8 Å². The molecule has 8 nitrogen and oxygen atoms in total. The number of carbonyl (C=O) groups excluding carboxylic acids is 1. The Morgan fingerprint density at radius 1 is 1.09 bits per heavy atom. The molecule has 2 heterocycles. The number of piperidine rings is 2. The van der Waals surface area contributed by atoms with Crippen LogP contribution in [0.1, 0.15) is 49.3 Å². The van der Waals surface area contributed by atoms with Crippen LogP contribution in [-0.4, -0.2) is 84.2 Å². The maximum absolute atomic E-state index is 13.0. The summed E-state index contributed by atoms with van der Waals surface area (Å²) in [4.78, 5) is 17.2. The molecule has 1 aromatic rings. The van der Waals surface area contributed by atoms with Gasteiger partial charge in [-0.25, -0.2) is 13.1 Å². The summed E-state index contributed by atoms with van der Waals surface area (Å²) in [6.45, 7) is 9.75. The lowest BCUT2D eigenvalue weighted by Crippen LogP contribution is -2.43. The van der Waals surface area contributed by atoms with Crippen LogP contribution in [0.5, 0.6) is 5.75 Å². The standard InChI is InChI=1S/C26H43N3O5S/c1-6-23-20(3)26(19(2)17-24(23)33-5)35(31,32)27-11-16-34-18-25(30)29-14-9-22(10-15-29)21-7-12-28(4)13-8-21/h17,21-22,27H,6-16,18H2,1-5H3. The normalized spacial score (nSPS) is 18.7. The Kier molecular flexibility index (Phi) is 9.98. The van der Waals surface area contributed by atoms with Gasteiger partial charge in [0.25, 0.3) is 0 Å². The molecule has 0 atom stereocenters. The minimum Gasteiger partial charge on any atom is -0.496 e. The number of ether oxygens (including phenoxy) is 2. The highest BCUT2D eigenvalue weighted by Crippen LogP contribution is 2.33. The van der Waals surface area contributed by atoms with Crippen molar-refractivity contribution in [1.29, 1.82) is 0 Å². The van der Waals surface area contributed by atoms with Crippen molar-refractivity contribution < 1.29 is 22.7 Å². The van der Waals surface area contributed by atoms with Gasteiger partial charge >= 0.3 is 0 Å². The zero-order chi connectivity index (χ0) is 25.6. The molecule has 2 aliphatic rings. The molecule has 1 aromatic carbocycles. The predicted molar refractivity (Wildman–Crippen MR) is 137 cm³/mol. The smallest absolute Gasteiger partial charge is 0.248 e. The van der Waals surface area contributed by atoms with Gasteiger partial charge in [0.05, 0.1) is 18.6 Å². The fourth-order valence-corrected chi connectivity index (χ4v) is 7.20. The highest BCUT2D eigenvalue weighted by molar-refractivity contribution is 7.89. The number of nitrogens with zero attached hydrogens (tertiary/aromatic N) is 2. The summed E-state index contributed by atoms with van der Waals surface area (Å²) in [5.41, 5.74) is 2.24. The zero-order valence-corrected chi connectivity index (χ0v) is 22.9. The lowest BCUT2D eigenvalue weighted by molar-refractivity contribution is -0.137. The summed E-state index contributed by atoms with van der Waals surface area (Å²) in [5, 5.41) is 0. The van der Waals surface area contributed by atoms with E-state index in [1.54, 1.807) is 20.1 Å². The van der Waals surface area contributed by atoms with Gasteiger partial charge in [0.1, 0.15) is 12.4 Å². The molecule has 1 N–H and O–H groups in total. The third kappa shape index (κ3) is 6.96. The van der Waals surface area contributed by atoms with Gasteiger partial charge in [0.15, 0.2) is 0 Å². The van der Waals surface area contributed by atoms with Gasteiger partial charge in [0, 0.05) is 19.6 Å². The first kappa shape index (κ1) is 27.9. The Labute approximate surface area is 211 Å². The molecule has 2 saturated heterocycles. The van der Waals surface area contributed by atoms with E-state index >= 15 is 0 Å². The molecule has 0 saturated carbocycles. The Bertz CT molecular complexity index is 966. The molecular formula is C26H43N3O5S. The molecule has 35 heavy (non-hydrogen) atoms. The third-order valence-corrected chi connectivity index (χ3v) is 9.47. The summed E-state index contributed by atoms with van der Waals surface area (Å²) in [6, 6.07) is 1.77. The highest BCUT2D eigenvalue weighted by Gasteiger charge is 2.30. The summed E-state index contributed by atoms with van der Waals surface area (Å²) >= 11 is 0. The van der Waals surface area contributed by atoms with Gasteiger partial charge < -0.3 is 19.3 Å². The Hall–Kier alpha value is -1.68. The summed E-state index contributed by atoms with van der Waals surface area (Å²) < 4.78 is 39.5. The van der Waals surface area contributed by atoms with Crippen LogP contribution in [0.25, 0.3) is 0 Å². The first-order valence-corrected chi connectivity index (χ1v) is 14.4. The van der Waals surface area contributed by atoms with Crippen molar-refractivity contribution in [2.24, 2.45) is 11.8 Å². The summed E-state index contributed by atoms with van der Waals surface area (Å²) in [6.07, 6.45) is 5.35. The van der Waals surface area contributed by atoms with Crippen LogP contribution in [0.3, 0.4) is 0 Å². The van der Waals surface area contributed by atoms with Crippen LogP contribution < -0.4 is 9.46 Å². The van der Waals surface area contributed by atoms with Gasteiger partial charge in [-0.3, -0.25) is 4.79 Å². The SMILES string of the molecule is CCc1c(OC)cc(C)c(S(=O)(=O)NCCOCC(=O)N2CCC(C3CCN(C)CC3)CC2)c1C. The molecule has 3 rings (SSSR count). The number of aryl methyl sites for hydroxylation is 1. The minimum atomic E-state index is -3.70. The average molecular weight is 510 g/mol. The molecule has 0 bridgehead atoms. The van der Waals surface area contributed by atoms with Crippen LogP contribution in [0.2, 0.25) is 0 Å². The molecular weight excluding hydrogens is 466 g/mol. The molecule has 0 radical (unpaired) electrons. The van der Waals surface area contributed by atoms with Crippen LogP contribution >= 0.6 is 0 Å². The fourth-order valence-electron chi connectivity index (χ4n) is 5.69. The summed E-state index contributed by atoms with van der Waals surface area (Å²) in [5.74, 6) is 2.21. The Morgan fingerprint density at radius 3 is 2.26 bits per heavy atom. The number of methoxy groups -OCH3 is 1. The molecule has 0 unspecified atom stereocenters. The third-order valence-electron chi connectivity index (χ3n) is 7.72.